The fourth-order valence-corrected chi connectivity index (χ4v) is 6.87. The van der Waals surface area contributed by atoms with Crippen LogP contribution >= 0.6 is 0 Å². The van der Waals surface area contributed by atoms with Crippen molar-refractivity contribution in [1.29, 1.82) is 0 Å². The Labute approximate surface area is 333 Å². The lowest BCUT2D eigenvalue weighted by molar-refractivity contribution is -0.157. The van der Waals surface area contributed by atoms with Gasteiger partial charge in [0.15, 0.2) is 0 Å². The van der Waals surface area contributed by atoms with Crippen molar-refractivity contribution < 1.29 is 14.2 Å². The third kappa shape index (κ3) is 32.5. The highest BCUT2D eigenvalue weighted by atomic mass is 16.5. The van der Waals surface area contributed by atoms with Crippen LogP contribution in [0.15, 0.2) is 0 Å². The predicted molar refractivity (Wildman–Crippen MR) is 235 cm³/mol. The van der Waals surface area contributed by atoms with Crippen molar-refractivity contribution in [3.05, 3.63) is 0 Å². The zero-order valence-corrected chi connectivity index (χ0v) is 38.6. The average Bonchev–Trinajstić information content (AvgIpc) is 3.92. The zero-order valence-electron chi connectivity index (χ0n) is 38.6. The van der Waals surface area contributed by atoms with E-state index < -0.39 is 0 Å². The third-order valence-corrected chi connectivity index (χ3v) is 9.82. The summed E-state index contributed by atoms with van der Waals surface area (Å²) in [7, 11) is 0. The van der Waals surface area contributed by atoms with Gasteiger partial charge in [0, 0.05) is 66.9 Å². The van der Waals surface area contributed by atoms with Crippen molar-refractivity contribution in [2.24, 2.45) is 5.41 Å². The molecule has 0 radical (unpaired) electrons. The fourth-order valence-electron chi connectivity index (χ4n) is 6.87. The Bertz CT molecular complexity index is 696. The molecule has 0 amide bonds. The second-order valence-corrected chi connectivity index (χ2v) is 16.9. The maximum absolute atomic E-state index is 5.56. The standard InChI is InChI=1S/C9H19N.C9H18O2.C8H18N2.C8H17N.C7H15NO.2C2H6/c1-8(2)10-9-6-4-3-5-7-9;1-4-9(5-10-6-9)7-11-8(2)3;1-7(2)10-6-8-4-3-5-9-8;1-7(2)9-8-5-3-4-6-8;1-6(2)8-7-3-4-9-5-7;2*1-2/h8-10H,3-7H2,1-2H3;8H,4-7H2,1-3H3;7-10H,3-6H2,1-2H3;7-9H,3-6H2,1-2H3;6-8H,3-5H2,1-2H3;2*1-2H3. The third-order valence-electron chi connectivity index (χ3n) is 9.82. The topological polar surface area (TPSA) is 87.8 Å². The first-order chi connectivity index (χ1) is 25.3. The van der Waals surface area contributed by atoms with E-state index in [2.05, 4.69) is 103 Å². The van der Waals surface area contributed by atoms with E-state index in [-0.39, 0.29) is 0 Å². The van der Waals surface area contributed by atoms with Crippen LogP contribution in [0.3, 0.4) is 0 Å². The van der Waals surface area contributed by atoms with Gasteiger partial charge < -0.3 is 40.8 Å². The number of nitrogens with one attached hydrogen (secondary N) is 5. The van der Waals surface area contributed by atoms with Crippen molar-refractivity contribution in [2.45, 2.75) is 242 Å². The van der Waals surface area contributed by atoms with E-state index in [0.717, 1.165) is 57.7 Å². The number of rotatable bonds is 13. The highest BCUT2D eigenvalue weighted by Gasteiger charge is 2.37. The second-order valence-electron chi connectivity index (χ2n) is 16.9. The SMILES string of the molecule is CC.CC.CC(C)NC1CCCC1.CC(C)NC1CCCCC1.CC(C)NC1CCOC1.CC(C)NCC1CCCN1.CCC1(COC(C)C)COC1. The Morgan fingerprint density at radius 2 is 1.09 bits per heavy atom. The van der Waals surface area contributed by atoms with Crippen molar-refractivity contribution >= 4 is 0 Å². The zero-order chi connectivity index (χ0) is 40.5. The molecule has 3 aliphatic heterocycles. The molecule has 0 bridgehead atoms. The van der Waals surface area contributed by atoms with E-state index in [1.54, 1.807) is 0 Å². The van der Waals surface area contributed by atoms with Gasteiger partial charge >= 0.3 is 0 Å². The van der Waals surface area contributed by atoms with E-state index in [1.165, 1.54) is 90.0 Å². The van der Waals surface area contributed by atoms with Crippen molar-refractivity contribution in [3.63, 3.8) is 0 Å². The van der Waals surface area contributed by atoms with E-state index in [0.29, 0.717) is 41.7 Å². The van der Waals surface area contributed by atoms with Crippen LogP contribution in [0, 0.1) is 5.41 Å². The Morgan fingerprint density at radius 3 is 1.43 bits per heavy atom. The molecule has 5 N–H and O–H groups in total. The van der Waals surface area contributed by atoms with Crippen LogP contribution < -0.4 is 26.6 Å². The van der Waals surface area contributed by atoms with Crippen LogP contribution in [-0.2, 0) is 14.2 Å². The summed E-state index contributed by atoms with van der Waals surface area (Å²) in [6.07, 6.45) is 18.2. The summed E-state index contributed by atoms with van der Waals surface area (Å²) in [5, 5.41) is 17.4. The molecule has 322 valence electrons. The summed E-state index contributed by atoms with van der Waals surface area (Å²) < 4.78 is 15.9. The molecule has 0 aromatic heterocycles. The molecule has 5 fully saturated rings. The van der Waals surface area contributed by atoms with Crippen LogP contribution in [0.2, 0.25) is 0 Å². The van der Waals surface area contributed by atoms with Crippen molar-refractivity contribution in [3.8, 4) is 0 Å². The Hall–Kier alpha value is -0.320. The monoisotopic (exact) mass is 758 g/mol. The normalized spacial score (nSPS) is 22.2. The van der Waals surface area contributed by atoms with Crippen molar-refractivity contribution in [1.82, 2.24) is 26.6 Å². The molecule has 3 heterocycles. The lowest BCUT2D eigenvalue weighted by Crippen LogP contribution is -2.46. The lowest BCUT2D eigenvalue weighted by atomic mass is 9.84. The summed E-state index contributed by atoms with van der Waals surface area (Å²) in [6.45, 7) is 38.8. The molecular weight excluding hydrogens is 659 g/mol. The largest absolute Gasteiger partial charge is 0.380 e. The summed E-state index contributed by atoms with van der Waals surface area (Å²) in [5.41, 5.74) is 0.351. The molecule has 8 heteroatoms. The molecule has 53 heavy (non-hydrogen) atoms. The minimum atomic E-state index is 0.346. The molecule has 0 aromatic carbocycles. The smallest absolute Gasteiger partial charge is 0.0620 e. The van der Waals surface area contributed by atoms with Crippen LogP contribution in [0.5, 0.6) is 0 Å². The first-order valence-electron chi connectivity index (χ1n) is 22.9. The first-order valence-corrected chi connectivity index (χ1v) is 22.9. The maximum Gasteiger partial charge on any atom is 0.0620 e. The number of ether oxygens (including phenoxy) is 3. The molecule has 5 aliphatic rings. The minimum Gasteiger partial charge on any atom is -0.380 e. The van der Waals surface area contributed by atoms with Gasteiger partial charge in [-0.1, -0.05) is 122 Å². The van der Waals surface area contributed by atoms with Gasteiger partial charge in [-0.05, 0) is 71.8 Å². The van der Waals surface area contributed by atoms with Gasteiger partial charge in [-0.2, -0.15) is 0 Å². The molecule has 0 aromatic rings. The van der Waals surface area contributed by atoms with E-state index >= 15 is 0 Å². The van der Waals surface area contributed by atoms with E-state index in [4.69, 9.17) is 14.2 Å². The molecule has 3 saturated heterocycles. The highest BCUT2D eigenvalue weighted by molar-refractivity contribution is 4.84. The number of hydrogen-bond acceptors (Lipinski definition) is 8. The van der Waals surface area contributed by atoms with Gasteiger partial charge in [0.25, 0.3) is 0 Å². The van der Waals surface area contributed by atoms with Gasteiger partial charge in [-0.3, -0.25) is 0 Å². The fraction of sp³-hybridized carbons (Fsp3) is 1.00. The molecule has 2 saturated carbocycles. The van der Waals surface area contributed by atoms with Crippen LogP contribution in [0.25, 0.3) is 0 Å². The minimum absolute atomic E-state index is 0.346. The van der Waals surface area contributed by atoms with E-state index in [1.807, 2.05) is 27.7 Å². The molecule has 0 spiro atoms. The molecule has 5 rings (SSSR count). The van der Waals surface area contributed by atoms with Gasteiger partial charge in [0.05, 0.1) is 32.5 Å². The average molecular weight is 758 g/mol. The highest BCUT2D eigenvalue weighted by Crippen LogP contribution is 2.31. The maximum atomic E-state index is 5.56. The van der Waals surface area contributed by atoms with Crippen LogP contribution in [0.1, 0.15) is 187 Å². The summed E-state index contributed by atoms with van der Waals surface area (Å²) in [4.78, 5) is 0. The van der Waals surface area contributed by atoms with Gasteiger partial charge in [-0.25, -0.2) is 0 Å². The quantitative estimate of drug-likeness (QED) is 0.127. The Morgan fingerprint density at radius 1 is 0.604 bits per heavy atom. The van der Waals surface area contributed by atoms with Gasteiger partial charge in [0.1, 0.15) is 0 Å². The molecule has 2 unspecified atom stereocenters. The van der Waals surface area contributed by atoms with Crippen LogP contribution in [-0.4, -0.2) is 101 Å². The molecule has 2 atom stereocenters. The Balaban J connectivity index is 0. The molecule has 2 aliphatic carbocycles. The molecular formula is C45H99N5O3. The van der Waals surface area contributed by atoms with Crippen molar-refractivity contribution in [2.75, 3.05) is 46.1 Å². The van der Waals surface area contributed by atoms with Gasteiger partial charge in [-0.15, -0.1) is 0 Å². The first kappa shape index (κ1) is 54.8. The van der Waals surface area contributed by atoms with Crippen LogP contribution in [0.4, 0.5) is 0 Å². The lowest BCUT2D eigenvalue weighted by Gasteiger charge is -2.40. The Kier molecular flexibility index (Phi) is 37.3. The predicted octanol–water partition coefficient (Wildman–Crippen LogP) is 9.64. The summed E-state index contributed by atoms with van der Waals surface area (Å²) >= 11 is 0. The summed E-state index contributed by atoms with van der Waals surface area (Å²) in [6, 6.07) is 5.58. The van der Waals surface area contributed by atoms with E-state index in [9.17, 15) is 0 Å². The summed E-state index contributed by atoms with van der Waals surface area (Å²) in [5.74, 6) is 0. The second kappa shape index (κ2) is 36.0. The van der Waals surface area contributed by atoms with Gasteiger partial charge in [0.2, 0.25) is 0 Å². The molecule has 8 nitrogen and oxygen atoms in total. The number of hydrogen-bond donors (Lipinski definition) is 5.